The summed E-state index contributed by atoms with van der Waals surface area (Å²) in [6.45, 7) is 4.58. The van der Waals surface area contributed by atoms with E-state index in [0.29, 0.717) is 5.92 Å². The highest BCUT2D eigenvalue weighted by molar-refractivity contribution is 5.57. The van der Waals surface area contributed by atoms with Gasteiger partial charge in [-0.15, -0.1) is 0 Å². The fraction of sp³-hybridized carbons (Fsp3) is 0.474. The highest BCUT2D eigenvalue weighted by Crippen LogP contribution is 2.18. The zero-order valence-corrected chi connectivity index (χ0v) is 13.3. The Morgan fingerprint density at radius 3 is 2.38 bits per heavy atom. The Bertz CT molecular complexity index is 505. The third-order valence-corrected chi connectivity index (χ3v) is 3.90. The highest BCUT2D eigenvalue weighted by Gasteiger charge is 2.06. The van der Waals surface area contributed by atoms with Crippen LogP contribution in [0.4, 0.5) is 0 Å². The molecule has 0 amide bonds. The third-order valence-electron chi connectivity index (χ3n) is 3.90. The molecule has 0 spiro atoms. The summed E-state index contributed by atoms with van der Waals surface area (Å²) in [7, 11) is 0. The lowest BCUT2D eigenvalue weighted by molar-refractivity contribution is 0.481. The van der Waals surface area contributed by atoms with Gasteiger partial charge in [-0.25, -0.2) is 0 Å². The maximum Gasteiger partial charge on any atom is 0.0929 e. The van der Waals surface area contributed by atoms with Gasteiger partial charge in [-0.05, 0) is 24.5 Å². The number of nitrogens with zero attached hydrogens (tertiary/aromatic N) is 2. The summed E-state index contributed by atoms with van der Waals surface area (Å²) >= 11 is 0. The maximum atomic E-state index is 4.39. The van der Waals surface area contributed by atoms with E-state index in [2.05, 4.69) is 48.3 Å². The molecule has 2 heteroatoms. The van der Waals surface area contributed by atoms with Gasteiger partial charge in [0, 0.05) is 5.56 Å². The van der Waals surface area contributed by atoms with Crippen molar-refractivity contribution < 1.29 is 0 Å². The SMILES string of the molecule is CCCCCCC(C)Cc1ccc(-c2ccccc2)nn1. The third kappa shape index (κ3) is 5.30. The lowest BCUT2D eigenvalue weighted by atomic mass is 9.97. The molecule has 0 fully saturated rings. The Balaban J connectivity index is 1.85. The molecular formula is C19H26N2. The molecular weight excluding hydrogens is 256 g/mol. The first-order valence-electron chi connectivity index (χ1n) is 8.17. The number of rotatable bonds is 8. The van der Waals surface area contributed by atoms with E-state index in [1.54, 1.807) is 0 Å². The van der Waals surface area contributed by atoms with Crippen molar-refractivity contribution in [3.63, 3.8) is 0 Å². The smallest absolute Gasteiger partial charge is 0.0929 e. The van der Waals surface area contributed by atoms with Crippen molar-refractivity contribution in [2.75, 3.05) is 0 Å². The Morgan fingerprint density at radius 1 is 0.905 bits per heavy atom. The summed E-state index contributed by atoms with van der Waals surface area (Å²) in [5.41, 5.74) is 3.19. The van der Waals surface area contributed by atoms with Crippen LogP contribution in [0.1, 0.15) is 51.6 Å². The van der Waals surface area contributed by atoms with Gasteiger partial charge in [-0.3, -0.25) is 0 Å². The van der Waals surface area contributed by atoms with Crippen LogP contribution in [0.3, 0.4) is 0 Å². The minimum atomic E-state index is 0.693. The van der Waals surface area contributed by atoms with Crippen molar-refractivity contribution >= 4 is 0 Å². The monoisotopic (exact) mass is 282 g/mol. The van der Waals surface area contributed by atoms with E-state index in [0.717, 1.165) is 23.4 Å². The van der Waals surface area contributed by atoms with Crippen molar-refractivity contribution in [2.24, 2.45) is 5.92 Å². The van der Waals surface area contributed by atoms with Crippen molar-refractivity contribution in [1.82, 2.24) is 10.2 Å². The lowest BCUT2D eigenvalue weighted by Gasteiger charge is -2.10. The molecule has 0 aliphatic rings. The molecule has 0 radical (unpaired) electrons. The molecule has 2 aromatic rings. The number of hydrogen-bond acceptors (Lipinski definition) is 2. The molecule has 0 saturated heterocycles. The van der Waals surface area contributed by atoms with Crippen LogP contribution in [0.15, 0.2) is 42.5 Å². The van der Waals surface area contributed by atoms with Crippen molar-refractivity contribution in [3.8, 4) is 11.3 Å². The van der Waals surface area contributed by atoms with Gasteiger partial charge in [0.05, 0.1) is 11.4 Å². The summed E-state index contributed by atoms with van der Waals surface area (Å²) in [5.74, 6) is 0.693. The molecule has 2 nitrogen and oxygen atoms in total. The second-order valence-electron chi connectivity index (χ2n) is 5.93. The molecule has 0 N–H and O–H groups in total. The molecule has 1 aromatic carbocycles. The van der Waals surface area contributed by atoms with Gasteiger partial charge in [0.1, 0.15) is 0 Å². The molecule has 21 heavy (non-hydrogen) atoms. The maximum absolute atomic E-state index is 4.39. The van der Waals surface area contributed by atoms with E-state index >= 15 is 0 Å². The predicted molar refractivity (Wildman–Crippen MR) is 89.1 cm³/mol. The molecule has 0 aliphatic carbocycles. The zero-order chi connectivity index (χ0) is 14.9. The van der Waals surface area contributed by atoms with E-state index < -0.39 is 0 Å². The number of hydrogen-bond donors (Lipinski definition) is 0. The molecule has 1 aromatic heterocycles. The Morgan fingerprint density at radius 2 is 1.71 bits per heavy atom. The molecule has 0 saturated carbocycles. The van der Waals surface area contributed by atoms with Gasteiger partial charge in [-0.1, -0.05) is 76.3 Å². The summed E-state index contributed by atoms with van der Waals surface area (Å²) in [6.07, 6.45) is 7.69. The van der Waals surface area contributed by atoms with Gasteiger partial charge in [0.15, 0.2) is 0 Å². The molecule has 0 bridgehead atoms. The number of benzene rings is 1. The second-order valence-corrected chi connectivity index (χ2v) is 5.93. The normalized spacial score (nSPS) is 12.3. The first-order chi connectivity index (χ1) is 10.3. The van der Waals surface area contributed by atoms with E-state index in [1.807, 2.05) is 18.2 Å². The minimum Gasteiger partial charge on any atom is -0.155 e. The Hall–Kier alpha value is -1.70. The molecule has 1 atom stereocenters. The predicted octanol–water partition coefficient (Wildman–Crippen LogP) is 5.29. The quantitative estimate of drug-likeness (QED) is 0.614. The molecule has 0 aliphatic heterocycles. The fourth-order valence-corrected chi connectivity index (χ4v) is 2.61. The van der Waals surface area contributed by atoms with Crippen LogP contribution in [0, 0.1) is 5.92 Å². The van der Waals surface area contributed by atoms with Crippen molar-refractivity contribution in [1.29, 1.82) is 0 Å². The Labute approximate surface area is 128 Å². The van der Waals surface area contributed by atoms with Gasteiger partial charge in [0.25, 0.3) is 0 Å². The van der Waals surface area contributed by atoms with E-state index in [-0.39, 0.29) is 0 Å². The van der Waals surface area contributed by atoms with Crippen LogP contribution < -0.4 is 0 Å². The van der Waals surface area contributed by atoms with Gasteiger partial charge < -0.3 is 0 Å². The fourth-order valence-electron chi connectivity index (χ4n) is 2.61. The van der Waals surface area contributed by atoms with E-state index in [1.165, 1.54) is 32.1 Å². The first kappa shape index (κ1) is 15.7. The number of aromatic nitrogens is 2. The van der Waals surface area contributed by atoms with Gasteiger partial charge in [-0.2, -0.15) is 10.2 Å². The van der Waals surface area contributed by atoms with Crippen LogP contribution in [-0.4, -0.2) is 10.2 Å². The summed E-state index contributed by atoms with van der Waals surface area (Å²) in [6, 6.07) is 14.4. The van der Waals surface area contributed by atoms with Gasteiger partial charge >= 0.3 is 0 Å². The van der Waals surface area contributed by atoms with Gasteiger partial charge in [0.2, 0.25) is 0 Å². The summed E-state index contributed by atoms with van der Waals surface area (Å²) < 4.78 is 0. The topological polar surface area (TPSA) is 25.8 Å². The molecule has 112 valence electrons. The second kappa shape index (κ2) is 8.56. The average molecular weight is 282 g/mol. The molecule has 2 rings (SSSR count). The van der Waals surface area contributed by atoms with E-state index in [4.69, 9.17) is 0 Å². The standard InChI is InChI=1S/C19H26N2/c1-3-4-5-7-10-16(2)15-18-13-14-19(21-20-18)17-11-8-6-9-12-17/h6,8-9,11-14,16H,3-5,7,10,15H2,1-2H3. The molecule has 1 heterocycles. The van der Waals surface area contributed by atoms with Crippen LogP contribution in [0.25, 0.3) is 11.3 Å². The van der Waals surface area contributed by atoms with E-state index in [9.17, 15) is 0 Å². The average Bonchev–Trinajstić information content (AvgIpc) is 2.53. The first-order valence-corrected chi connectivity index (χ1v) is 8.17. The van der Waals surface area contributed by atoms with Crippen LogP contribution in [0.5, 0.6) is 0 Å². The lowest BCUT2D eigenvalue weighted by Crippen LogP contribution is -2.03. The largest absolute Gasteiger partial charge is 0.155 e. The van der Waals surface area contributed by atoms with Crippen LogP contribution in [0.2, 0.25) is 0 Å². The number of unbranched alkanes of at least 4 members (excludes halogenated alkanes) is 3. The summed E-state index contributed by atoms with van der Waals surface area (Å²) in [5, 5.41) is 8.75. The molecule has 1 unspecified atom stereocenters. The van der Waals surface area contributed by atoms with Crippen LogP contribution >= 0.6 is 0 Å². The highest BCUT2D eigenvalue weighted by atomic mass is 15.1. The van der Waals surface area contributed by atoms with Crippen molar-refractivity contribution in [3.05, 3.63) is 48.2 Å². The minimum absolute atomic E-state index is 0.693. The Kier molecular flexibility index (Phi) is 6.39. The van der Waals surface area contributed by atoms with Crippen molar-refractivity contribution in [2.45, 2.75) is 52.4 Å². The van der Waals surface area contributed by atoms with Crippen LogP contribution in [-0.2, 0) is 6.42 Å². The zero-order valence-electron chi connectivity index (χ0n) is 13.3. The summed E-state index contributed by atoms with van der Waals surface area (Å²) in [4.78, 5) is 0.